The summed E-state index contributed by atoms with van der Waals surface area (Å²) in [5.74, 6) is -0.0471. The van der Waals surface area contributed by atoms with Crippen molar-refractivity contribution in [2.24, 2.45) is 0 Å². The second kappa shape index (κ2) is 5.77. The number of esters is 1. The van der Waals surface area contributed by atoms with Gasteiger partial charge >= 0.3 is 5.97 Å². The highest BCUT2D eigenvalue weighted by Crippen LogP contribution is 2.01. The smallest absolute Gasteiger partial charge is 0.338 e. The summed E-state index contributed by atoms with van der Waals surface area (Å²) in [5.41, 5.74) is 0.513. The average Bonchev–Trinajstić information content (AvgIpc) is 2.87. The Morgan fingerprint density at radius 2 is 2.11 bits per heavy atom. The molecule has 0 bridgehead atoms. The number of aldehydes is 1. The second-order valence-electron chi connectivity index (χ2n) is 3.60. The van der Waals surface area contributed by atoms with Crippen molar-refractivity contribution in [1.82, 2.24) is 9.55 Å². The molecule has 0 N–H and O–H groups in total. The third-order valence-electron chi connectivity index (χ3n) is 2.43. The minimum absolute atomic E-state index is 0.199. The summed E-state index contributed by atoms with van der Waals surface area (Å²) in [7, 11) is 0. The highest BCUT2D eigenvalue weighted by Gasteiger charge is 2.06. The Morgan fingerprint density at radius 3 is 2.83 bits per heavy atom. The first kappa shape index (κ1) is 12.0. The van der Waals surface area contributed by atoms with Gasteiger partial charge in [-0.25, -0.2) is 9.78 Å². The van der Waals surface area contributed by atoms with Crippen molar-refractivity contribution in [1.29, 1.82) is 0 Å². The molecule has 2 rings (SSSR count). The van der Waals surface area contributed by atoms with Gasteiger partial charge in [0.1, 0.15) is 6.61 Å². The predicted molar refractivity (Wildman–Crippen MR) is 64.3 cm³/mol. The van der Waals surface area contributed by atoms with Crippen LogP contribution in [0.5, 0.6) is 0 Å². The van der Waals surface area contributed by atoms with Gasteiger partial charge in [0.25, 0.3) is 0 Å². The second-order valence-corrected chi connectivity index (χ2v) is 3.60. The van der Waals surface area contributed by atoms with Gasteiger partial charge in [0.15, 0.2) is 12.1 Å². The Hall–Kier alpha value is -2.43. The zero-order valence-electron chi connectivity index (χ0n) is 9.65. The van der Waals surface area contributed by atoms with Crippen LogP contribution in [0.3, 0.4) is 0 Å². The summed E-state index contributed by atoms with van der Waals surface area (Å²) < 4.78 is 6.73. The van der Waals surface area contributed by atoms with Gasteiger partial charge in [-0.3, -0.25) is 4.79 Å². The van der Waals surface area contributed by atoms with E-state index in [0.717, 1.165) is 0 Å². The topological polar surface area (TPSA) is 61.2 Å². The van der Waals surface area contributed by atoms with Crippen LogP contribution in [0.15, 0.2) is 42.7 Å². The minimum Gasteiger partial charge on any atom is -0.460 e. The van der Waals surface area contributed by atoms with Gasteiger partial charge in [0.2, 0.25) is 0 Å². The molecule has 5 heteroatoms. The fourth-order valence-corrected chi connectivity index (χ4v) is 1.52. The molecule has 0 atom stereocenters. The SMILES string of the molecule is O=Cc1nccn1CCOC(=O)c1ccccc1. The molecule has 2 aromatic rings. The largest absolute Gasteiger partial charge is 0.460 e. The molecule has 1 aromatic carbocycles. The number of aromatic nitrogens is 2. The highest BCUT2D eigenvalue weighted by atomic mass is 16.5. The van der Waals surface area contributed by atoms with Gasteiger partial charge in [0.05, 0.1) is 12.1 Å². The fraction of sp³-hybridized carbons (Fsp3) is 0.154. The van der Waals surface area contributed by atoms with E-state index in [4.69, 9.17) is 4.74 Å². The lowest BCUT2D eigenvalue weighted by atomic mass is 10.2. The lowest BCUT2D eigenvalue weighted by Gasteiger charge is -2.06. The molecule has 0 aliphatic carbocycles. The summed E-state index contributed by atoms with van der Waals surface area (Å²) in [6.07, 6.45) is 3.86. The number of ether oxygens (including phenoxy) is 1. The maximum absolute atomic E-state index is 11.6. The van der Waals surface area contributed by atoms with Crippen LogP contribution < -0.4 is 0 Å². The van der Waals surface area contributed by atoms with Crippen LogP contribution in [-0.2, 0) is 11.3 Å². The van der Waals surface area contributed by atoms with Gasteiger partial charge in [-0.15, -0.1) is 0 Å². The highest BCUT2D eigenvalue weighted by molar-refractivity contribution is 5.89. The predicted octanol–water partition coefficient (Wildman–Crippen LogP) is 1.55. The molecule has 0 aliphatic heterocycles. The molecule has 1 aromatic heterocycles. The number of benzene rings is 1. The van der Waals surface area contributed by atoms with E-state index in [9.17, 15) is 9.59 Å². The summed E-state index contributed by atoms with van der Waals surface area (Å²) >= 11 is 0. The number of carbonyl (C=O) groups is 2. The van der Waals surface area contributed by atoms with Gasteiger partial charge in [-0.05, 0) is 12.1 Å². The molecule has 0 saturated carbocycles. The Morgan fingerprint density at radius 1 is 1.33 bits per heavy atom. The van der Waals surface area contributed by atoms with Gasteiger partial charge < -0.3 is 9.30 Å². The van der Waals surface area contributed by atoms with E-state index in [-0.39, 0.29) is 12.6 Å². The summed E-state index contributed by atoms with van der Waals surface area (Å²) in [6.45, 7) is 0.609. The maximum Gasteiger partial charge on any atom is 0.338 e. The standard InChI is InChI=1S/C13H12N2O3/c16-10-12-14-6-7-15(12)8-9-18-13(17)11-4-2-1-3-5-11/h1-7,10H,8-9H2. The molecule has 0 saturated heterocycles. The van der Waals surface area contributed by atoms with Crippen molar-refractivity contribution >= 4 is 12.3 Å². The van der Waals surface area contributed by atoms with Crippen molar-refractivity contribution in [3.05, 3.63) is 54.1 Å². The third kappa shape index (κ3) is 2.82. The molecule has 0 fully saturated rings. The average molecular weight is 244 g/mol. The van der Waals surface area contributed by atoms with Crippen LogP contribution in [0.2, 0.25) is 0 Å². The summed E-state index contributed by atoms with van der Waals surface area (Å²) in [4.78, 5) is 26.1. The van der Waals surface area contributed by atoms with E-state index in [2.05, 4.69) is 4.98 Å². The third-order valence-corrected chi connectivity index (χ3v) is 2.43. The zero-order valence-corrected chi connectivity index (χ0v) is 9.65. The summed E-state index contributed by atoms with van der Waals surface area (Å²) in [6, 6.07) is 8.76. The van der Waals surface area contributed by atoms with Crippen molar-refractivity contribution < 1.29 is 14.3 Å². The van der Waals surface area contributed by atoms with E-state index in [1.807, 2.05) is 6.07 Å². The number of hydrogen-bond acceptors (Lipinski definition) is 4. The van der Waals surface area contributed by atoms with E-state index in [1.54, 1.807) is 35.0 Å². The molecule has 0 radical (unpaired) electrons. The molecule has 92 valence electrons. The molecule has 18 heavy (non-hydrogen) atoms. The molecule has 0 spiro atoms. The van der Waals surface area contributed by atoms with Crippen molar-refractivity contribution in [3.63, 3.8) is 0 Å². The van der Waals surface area contributed by atoms with E-state index >= 15 is 0 Å². The number of hydrogen-bond donors (Lipinski definition) is 0. The van der Waals surface area contributed by atoms with Crippen LogP contribution in [0, 0.1) is 0 Å². The van der Waals surface area contributed by atoms with E-state index in [1.165, 1.54) is 6.20 Å². The van der Waals surface area contributed by atoms with Gasteiger partial charge in [-0.1, -0.05) is 18.2 Å². The number of carbonyl (C=O) groups excluding carboxylic acids is 2. The quantitative estimate of drug-likeness (QED) is 0.591. The lowest BCUT2D eigenvalue weighted by molar-refractivity contribution is 0.0491. The molecular weight excluding hydrogens is 232 g/mol. The molecule has 1 heterocycles. The van der Waals surface area contributed by atoms with Crippen molar-refractivity contribution in [2.75, 3.05) is 6.61 Å². The van der Waals surface area contributed by atoms with Crippen molar-refractivity contribution in [2.45, 2.75) is 6.54 Å². The number of nitrogens with zero attached hydrogens (tertiary/aromatic N) is 2. The van der Waals surface area contributed by atoms with Crippen LogP contribution >= 0.6 is 0 Å². The van der Waals surface area contributed by atoms with Gasteiger partial charge in [0, 0.05) is 12.4 Å². The molecule has 0 aliphatic rings. The minimum atomic E-state index is -0.372. The normalized spacial score (nSPS) is 10.0. The van der Waals surface area contributed by atoms with Crippen LogP contribution in [0.25, 0.3) is 0 Å². The van der Waals surface area contributed by atoms with Crippen molar-refractivity contribution in [3.8, 4) is 0 Å². The molecule has 5 nitrogen and oxygen atoms in total. The fourth-order valence-electron chi connectivity index (χ4n) is 1.52. The van der Waals surface area contributed by atoms with Crippen LogP contribution in [-0.4, -0.2) is 28.4 Å². The van der Waals surface area contributed by atoms with E-state index in [0.29, 0.717) is 24.2 Å². The molecular formula is C13H12N2O3. The first-order chi connectivity index (χ1) is 8.81. The summed E-state index contributed by atoms with van der Waals surface area (Å²) in [5, 5.41) is 0. The molecule has 0 unspecified atom stereocenters. The number of rotatable bonds is 5. The molecule has 0 amide bonds. The Kier molecular flexibility index (Phi) is 3.86. The Labute approximate surface area is 104 Å². The first-order valence-electron chi connectivity index (χ1n) is 5.50. The van der Waals surface area contributed by atoms with Crippen LogP contribution in [0.1, 0.15) is 21.0 Å². The first-order valence-corrected chi connectivity index (χ1v) is 5.50. The monoisotopic (exact) mass is 244 g/mol. The van der Waals surface area contributed by atoms with Gasteiger partial charge in [-0.2, -0.15) is 0 Å². The lowest BCUT2D eigenvalue weighted by Crippen LogP contribution is -2.12. The maximum atomic E-state index is 11.6. The van der Waals surface area contributed by atoms with E-state index < -0.39 is 0 Å². The van der Waals surface area contributed by atoms with Crippen LogP contribution in [0.4, 0.5) is 0 Å². The Bertz CT molecular complexity index is 534. The number of imidazole rings is 1. The Balaban J connectivity index is 1.86. The zero-order chi connectivity index (χ0) is 12.8.